The molecular weight excluding hydrogens is 270 g/mol. The highest BCUT2D eigenvalue weighted by molar-refractivity contribution is 5.80. The molecule has 0 spiro atoms. The van der Waals surface area contributed by atoms with Gasteiger partial charge in [-0.15, -0.1) is 0 Å². The second kappa shape index (κ2) is 6.88. The Morgan fingerprint density at radius 2 is 2.14 bits per heavy atom. The minimum absolute atomic E-state index is 0.0270. The Morgan fingerprint density at radius 1 is 1.33 bits per heavy atom. The predicted octanol–water partition coefficient (Wildman–Crippen LogP) is 1.72. The van der Waals surface area contributed by atoms with Crippen molar-refractivity contribution in [2.75, 3.05) is 6.54 Å². The van der Waals surface area contributed by atoms with Gasteiger partial charge in [-0.2, -0.15) is 5.10 Å². The first-order valence-electron chi connectivity index (χ1n) is 6.97. The highest BCUT2D eigenvalue weighted by Crippen LogP contribution is 2.15. The van der Waals surface area contributed by atoms with Gasteiger partial charge in [0.15, 0.2) is 0 Å². The van der Waals surface area contributed by atoms with E-state index in [1.54, 1.807) is 0 Å². The number of carboxylic acids is 1. The molecule has 0 bridgehead atoms. The predicted molar refractivity (Wildman–Crippen MR) is 79.0 cm³/mol. The number of carbonyl (C=O) groups excluding carboxylic acids is 1. The molecule has 6 nitrogen and oxygen atoms in total. The highest BCUT2D eigenvalue weighted by Gasteiger charge is 2.05. The van der Waals surface area contributed by atoms with Crippen LogP contribution in [0, 0.1) is 6.92 Å². The van der Waals surface area contributed by atoms with Crippen LogP contribution in [0.3, 0.4) is 0 Å². The molecule has 2 rings (SSSR count). The number of hydrogen-bond acceptors (Lipinski definition) is 3. The van der Waals surface area contributed by atoms with E-state index in [4.69, 9.17) is 5.11 Å². The molecule has 1 amide bonds. The molecule has 2 aromatic rings. The van der Waals surface area contributed by atoms with E-state index in [1.807, 2.05) is 23.9 Å². The van der Waals surface area contributed by atoms with E-state index in [9.17, 15) is 9.59 Å². The van der Waals surface area contributed by atoms with Gasteiger partial charge in [0.1, 0.15) is 0 Å². The van der Waals surface area contributed by atoms with Crippen molar-refractivity contribution in [3.8, 4) is 0 Å². The number of nitrogens with zero attached hydrogens (tertiary/aromatic N) is 2. The summed E-state index contributed by atoms with van der Waals surface area (Å²) in [6.07, 6.45) is 2.48. The van der Waals surface area contributed by atoms with Gasteiger partial charge in [0.2, 0.25) is 5.91 Å². The van der Waals surface area contributed by atoms with Gasteiger partial charge < -0.3 is 10.4 Å². The van der Waals surface area contributed by atoms with E-state index in [2.05, 4.69) is 22.5 Å². The van der Waals surface area contributed by atoms with Crippen LogP contribution < -0.4 is 5.32 Å². The number of aromatic nitrogens is 2. The number of rotatable bonds is 7. The number of hydrogen-bond donors (Lipinski definition) is 2. The summed E-state index contributed by atoms with van der Waals surface area (Å²) in [5, 5.41) is 16.6. The molecule has 0 saturated heterocycles. The summed E-state index contributed by atoms with van der Waals surface area (Å²) in [6.45, 7) is 3.28. The minimum Gasteiger partial charge on any atom is -0.481 e. The van der Waals surface area contributed by atoms with E-state index < -0.39 is 5.97 Å². The van der Waals surface area contributed by atoms with E-state index in [0.29, 0.717) is 13.1 Å². The quantitative estimate of drug-likeness (QED) is 0.760. The smallest absolute Gasteiger partial charge is 0.303 e. The lowest BCUT2D eigenvalue weighted by Crippen LogP contribution is -2.25. The SMILES string of the molecule is Cc1ccc2cnn(CCCNC(=O)CCC(=O)O)c2c1. The Balaban J connectivity index is 1.79. The largest absolute Gasteiger partial charge is 0.481 e. The summed E-state index contributed by atoms with van der Waals surface area (Å²) in [4.78, 5) is 21.7. The molecule has 0 atom stereocenters. The van der Waals surface area contributed by atoms with E-state index in [1.165, 1.54) is 5.56 Å². The van der Waals surface area contributed by atoms with Crippen LogP contribution in [0.15, 0.2) is 24.4 Å². The van der Waals surface area contributed by atoms with Gasteiger partial charge in [-0.1, -0.05) is 12.1 Å². The number of aliphatic carboxylic acids is 1. The average Bonchev–Trinajstić information content (AvgIpc) is 2.83. The van der Waals surface area contributed by atoms with Crippen molar-refractivity contribution in [1.29, 1.82) is 0 Å². The lowest BCUT2D eigenvalue weighted by atomic mass is 10.2. The summed E-state index contributed by atoms with van der Waals surface area (Å²) >= 11 is 0. The van der Waals surface area contributed by atoms with Gasteiger partial charge in [0.25, 0.3) is 0 Å². The van der Waals surface area contributed by atoms with E-state index in [-0.39, 0.29) is 18.7 Å². The number of carboxylic acid groups (broad SMARTS) is 1. The number of aryl methyl sites for hydroxylation is 2. The Kier molecular flexibility index (Phi) is 4.92. The molecule has 0 aliphatic carbocycles. The second-order valence-corrected chi connectivity index (χ2v) is 5.03. The van der Waals surface area contributed by atoms with Gasteiger partial charge >= 0.3 is 5.97 Å². The molecule has 1 heterocycles. The Bertz CT molecular complexity index is 649. The Labute approximate surface area is 122 Å². The number of benzene rings is 1. The molecule has 21 heavy (non-hydrogen) atoms. The first-order valence-corrected chi connectivity index (χ1v) is 6.97. The molecule has 2 N–H and O–H groups in total. The fourth-order valence-corrected chi connectivity index (χ4v) is 2.12. The van der Waals surface area contributed by atoms with Crippen LogP contribution in [0.2, 0.25) is 0 Å². The third-order valence-electron chi connectivity index (χ3n) is 3.24. The van der Waals surface area contributed by atoms with Crippen molar-refractivity contribution in [2.45, 2.75) is 32.7 Å². The summed E-state index contributed by atoms with van der Waals surface area (Å²) in [7, 11) is 0. The fourth-order valence-electron chi connectivity index (χ4n) is 2.12. The zero-order valence-corrected chi connectivity index (χ0v) is 12.0. The van der Waals surface area contributed by atoms with E-state index >= 15 is 0 Å². The number of amides is 1. The van der Waals surface area contributed by atoms with Crippen molar-refractivity contribution in [1.82, 2.24) is 15.1 Å². The van der Waals surface area contributed by atoms with Crippen molar-refractivity contribution < 1.29 is 14.7 Å². The molecule has 6 heteroatoms. The van der Waals surface area contributed by atoms with E-state index in [0.717, 1.165) is 17.3 Å². The maximum absolute atomic E-state index is 11.4. The lowest BCUT2D eigenvalue weighted by Gasteiger charge is -2.06. The van der Waals surface area contributed by atoms with Gasteiger partial charge in [0.05, 0.1) is 18.1 Å². The van der Waals surface area contributed by atoms with Crippen molar-refractivity contribution >= 4 is 22.8 Å². The van der Waals surface area contributed by atoms with Gasteiger partial charge in [0, 0.05) is 24.9 Å². The number of fused-ring (bicyclic) bond motifs is 1. The average molecular weight is 289 g/mol. The van der Waals surface area contributed by atoms with Crippen molar-refractivity contribution in [3.05, 3.63) is 30.0 Å². The molecule has 112 valence electrons. The molecule has 0 aliphatic rings. The summed E-state index contributed by atoms with van der Waals surface area (Å²) in [5.41, 5.74) is 2.28. The molecule has 0 unspecified atom stereocenters. The summed E-state index contributed by atoms with van der Waals surface area (Å²) < 4.78 is 1.92. The normalized spacial score (nSPS) is 10.7. The molecule has 0 saturated carbocycles. The maximum Gasteiger partial charge on any atom is 0.303 e. The second-order valence-electron chi connectivity index (χ2n) is 5.03. The third-order valence-corrected chi connectivity index (χ3v) is 3.24. The van der Waals surface area contributed by atoms with Crippen LogP contribution in [0.5, 0.6) is 0 Å². The van der Waals surface area contributed by atoms with Crippen molar-refractivity contribution in [3.63, 3.8) is 0 Å². The molecule has 0 aliphatic heterocycles. The first-order chi connectivity index (χ1) is 10.1. The minimum atomic E-state index is -0.955. The summed E-state index contributed by atoms with van der Waals surface area (Å²) in [5.74, 6) is -1.18. The maximum atomic E-state index is 11.4. The van der Waals surface area contributed by atoms with Crippen LogP contribution in [0.1, 0.15) is 24.8 Å². The van der Waals surface area contributed by atoms with Crippen LogP contribution in [0.25, 0.3) is 10.9 Å². The third kappa shape index (κ3) is 4.30. The van der Waals surface area contributed by atoms with Crippen molar-refractivity contribution in [2.24, 2.45) is 0 Å². The van der Waals surface area contributed by atoms with Crippen LogP contribution in [-0.4, -0.2) is 33.3 Å². The molecule has 1 aromatic heterocycles. The van der Waals surface area contributed by atoms with Gasteiger partial charge in [-0.05, 0) is 25.0 Å². The zero-order chi connectivity index (χ0) is 15.2. The number of nitrogens with one attached hydrogen (secondary N) is 1. The summed E-state index contributed by atoms with van der Waals surface area (Å²) in [6, 6.07) is 6.19. The van der Waals surface area contributed by atoms with Crippen LogP contribution in [0.4, 0.5) is 0 Å². The monoisotopic (exact) mass is 289 g/mol. The van der Waals surface area contributed by atoms with Gasteiger partial charge in [-0.3, -0.25) is 14.3 Å². The van der Waals surface area contributed by atoms with Crippen LogP contribution >= 0.6 is 0 Å². The first kappa shape index (κ1) is 15.0. The number of carbonyl (C=O) groups is 2. The fraction of sp³-hybridized carbons (Fsp3) is 0.400. The molecule has 1 aromatic carbocycles. The molecular formula is C15H19N3O3. The highest BCUT2D eigenvalue weighted by atomic mass is 16.4. The standard InChI is InChI=1S/C15H19N3O3/c1-11-3-4-12-10-17-18(13(12)9-11)8-2-7-16-14(19)5-6-15(20)21/h3-4,9-10H,2,5-8H2,1H3,(H,16,19)(H,20,21). The molecule has 0 fully saturated rings. The lowest BCUT2D eigenvalue weighted by molar-refractivity contribution is -0.138. The topological polar surface area (TPSA) is 84.2 Å². The Morgan fingerprint density at radius 3 is 2.90 bits per heavy atom. The van der Waals surface area contributed by atoms with Gasteiger partial charge in [-0.25, -0.2) is 0 Å². The zero-order valence-electron chi connectivity index (χ0n) is 12.0. The Hall–Kier alpha value is -2.37. The molecule has 0 radical (unpaired) electrons. The van der Waals surface area contributed by atoms with Crippen LogP contribution in [-0.2, 0) is 16.1 Å².